The molecule has 0 spiro atoms. The maximum Gasteiger partial charge on any atom is 0.306 e. The van der Waals surface area contributed by atoms with Crippen LogP contribution in [0.15, 0.2) is 0 Å². The number of ketones is 1. The molecule has 0 atom stereocenters. The van der Waals surface area contributed by atoms with E-state index in [-0.39, 0.29) is 40.0 Å². The van der Waals surface area contributed by atoms with Crippen LogP contribution in [0.5, 0.6) is 0 Å². The molecule has 0 aliphatic rings. The maximum atomic E-state index is 11.1. The third-order valence-electron chi connectivity index (χ3n) is 2.14. The first-order valence-corrected chi connectivity index (χ1v) is 8.75. The number of hydrogen-bond donors (Lipinski definition) is 0. The molecule has 17 heavy (non-hydrogen) atoms. The standard InChI is InChI=1S/C12H23O4Si/c1-11(13)5-6-12(14)16-9-8-15-7-4-10-17(2)3/h4-10H2,1-3H3. The van der Waals surface area contributed by atoms with Crippen LogP contribution >= 0.6 is 0 Å². The summed E-state index contributed by atoms with van der Waals surface area (Å²) in [5.74, 6) is -0.314. The molecule has 0 aromatic heterocycles. The molecule has 0 N–H and O–H groups in total. The van der Waals surface area contributed by atoms with Gasteiger partial charge in [0, 0.05) is 21.8 Å². The molecule has 4 nitrogen and oxygen atoms in total. The van der Waals surface area contributed by atoms with Gasteiger partial charge in [0.1, 0.15) is 12.4 Å². The van der Waals surface area contributed by atoms with Crippen LogP contribution in [0.3, 0.4) is 0 Å². The van der Waals surface area contributed by atoms with E-state index in [9.17, 15) is 9.59 Å². The number of carbonyl (C=O) groups is 2. The zero-order valence-electron chi connectivity index (χ0n) is 11.1. The molecular formula is C12H23O4Si. The molecule has 99 valence electrons. The lowest BCUT2D eigenvalue weighted by atomic mass is 10.2. The van der Waals surface area contributed by atoms with Crippen LogP contribution in [0.2, 0.25) is 19.1 Å². The quantitative estimate of drug-likeness (QED) is 0.342. The van der Waals surface area contributed by atoms with E-state index in [4.69, 9.17) is 9.47 Å². The zero-order valence-corrected chi connectivity index (χ0v) is 12.1. The highest BCUT2D eigenvalue weighted by Gasteiger charge is 2.04. The highest BCUT2D eigenvalue weighted by molar-refractivity contribution is 6.55. The highest BCUT2D eigenvalue weighted by atomic mass is 28.3. The van der Waals surface area contributed by atoms with Gasteiger partial charge in [0.25, 0.3) is 0 Å². The summed E-state index contributed by atoms with van der Waals surface area (Å²) >= 11 is 0. The second kappa shape index (κ2) is 10.5. The van der Waals surface area contributed by atoms with Crippen molar-refractivity contribution in [1.82, 2.24) is 0 Å². The first kappa shape index (κ1) is 16.3. The molecule has 0 aliphatic carbocycles. The molecule has 0 bridgehead atoms. The molecular weight excluding hydrogens is 236 g/mol. The van der Waals surface area contributed by atoms with Crippen molar-refractivity contribution in [2.24, 2.45) is 0 Å². The monoisotopic (exact) mass is 259 g/mol. The summed E-state index contributed by atoms with van der Waals surface area (Å²) in [5.41, 5.74) is 0. The minimum Gasteiger partial charge on any atom is -0.463 e. The minimum atomic E-state index is -0.323. The molecule has 0 saturated carbocycles. The van der Waals surface area contributed by atoms with E-state index in [1.54, 1.807) is 0 Å². The van der Waals surface area contributed by atoms with Gasteiger partial charge < -0.3 is 14.3 Å². The Morgan fingerprint density at radius 3 is 2.35 bits per heavy atom. The molecule has 1 radical (unpaired) electrons. The predicted octanol–water partition coefficient (Wildman–Crippen LogP) is 2.06. The molecule has 0 rings (SSSR count). The van der Waals surface area contributed by atoms with Crippen molar-refractivity contribution in [3.8, 4) is 0 Å². The average molecular weight is 259 g/mol. The van der Waals surface area contributed by atoms with Crippen molar-refractivity contribution < 1.29 is 19.1 Å². The summed E-state index contributed by atoms with van der Waals surface area (Å²) in [5, 5.41) is 0. The topological polar surface area (TPSA) is 52.6 Å². The number of carbonyl (C=O) groups excluding carboxylic acids is 2. The van der Waals surface area contributed by atoms with Crippen molar-refractivity contribution in [2.45, 2.75) is 45.3 Å². The van der Waals surface area contributed by atoms with Crippen LogP contribution in [0.4, 0.5) is 0 Å². The second-order valence-electron chi connectivity index (χ2n) is 4.35. The summed E-state index contributed by atoms with van der Waals surface area (Å²) in [7, 11) is -0.153. The predicted molar refractivity (Wildman–Crippen MR) is 68.6 cm³/mol. The molecule has 0 unspecified atom stereocenters. The SMILES string of the molecule is CC(=O)CCC(=O)OCCOCCC[Si](C)C. The zero-order chi connectivity index (χ0) is 13.1. The van der Waals surface area contributed by atoms with Crippen molar-refractivity contribution in [1.29, 1.82) is 0 Å². The lowest BCUT2D eigenvalue weighted by molar-refractivity contribution is -0.146. The summed E-state index contributed by atoms with van der Waals surface area (Å²) in [6.07, 6.45) is 1.52. The Morgan fingerprint density at radius 2 is 1.76 bits per heavy atom. The third kappa shape index (κ3) is 13.3. The average Bonchev–Trinajstić information content (AvgIpc) is 2.24. The van der Waals surface area contributed by atoms with Gasteiger partial charge in [-0.3, -0.25) is 4.79 Å². The lowest BCUT2D eigenvalue weighted by Gasteiger charge is -2.06. The van der Waals surface area contributed by atoms with Gasteiger partial charge in [0.05, 0.1) is 13.0 Å². The van der Waals surface area contributed by atoms with Crippen LogP contribution in [0, 0.1) is 0 Å². The van der Waals surface area contributed by atoms with Gasteiger partial charge >= 0.3 is 5.97 Å². The molecule has 0 fully saturated rings. The van der Waals surface area contributed by atoms with Gasteiger partial charge in [-0.2, -0.15) is 0 Å². The Bertz CT molecular complexity index is 229. The van der Waals surface area contributed by atoms with Crippen LogP contribution in [0.1, 0.15) is 26.2 Å². The minimum absolute atomic E-state index is 0.00920. The number of ether oxygens (including phenoxy) is 2. The Hall–Kier alpha value is -0.683. The van der Waals surface area contributed by atoms with E-state index in [0.29, 0.717) is 6.61 Å². The van der Waals surface area contributed by atoms with Crippen LogP contribution in [0.25, 0.3) is 0 Å². The Kier molecular flexibility index (Phi) is 10.0. The summed E-state index contributed by atoms with van der Waals surface area (Å²) in [6, 6.07) is 1.25. The van der Waals surface area contributed by atoms with E-state index in [1.165, 1.54) is 13.0 Å². The van der Waals surface area contributed by atoms with Gasteiger partial charge in [0.15, 0.2) is 0 Å². The Morgan fingerprint density at radius 1 is 1.06 bits per heavy atom. The van der Waals surface area contributed by atoms with E-state index in [2.05, 4.69) is 13.1 Å². The van der Waals surface area contributed by atoms with E-state index >= 15 is 0 Å². The third-order valence-corrected chi connectivity index (χ3v) is 3.49. The second-order valence-corrected chi connectivity index (χ2v) is 7.26. The molecule has 0 aromatic carbocycles. The van der Waals surface area contributed by atoms with Crippen molar-refractivity contribution >= 4 is 20.5 Å². The molecule has 0 amide bonds. The van der Waals surface area contributed by atoms with Gasteiger partial charge in [-0.25, -0.2) is 0 Å². The normalized spacial score (nSPS) is 10.6. The van der Waals surface area contributed by atoms with E-state index in [0.717, 1.165) is 13.0 Å². The number of rotatable bonds is 10. The molecule has 5 heteroatoms. The van der Waals surface area contributed by atoms with Gasteiger partial charge in [0.2, 0.25) is 0 Å². The van der Waals surface area contributed by atoms with Crippen molar-refractivity contribution in [3.63, 3.8) is 0 Å². The number of hydrogen-bond acceptors (Lipinski definition) is 4. The maximum absolute atomic E-state index is 11.1. The number of Topliss-reactive ketones (excluding diaryl/α,β-unsaturated/α-hetero) is 1. The largest absolute Gasteiger partial charge is 0.463 e. The summed E-state index contributed by atoms with van der Waals surface area (Å²) < 4.78 is 10.2. The fourth-order valence-electron chi connectivity index (χ4n) is 1.19. The first-order chi connectivity index (χ1) is 8.02. The summed E-state index contributed by atoms with van der Waals surface area (Å²) in [4.78, 5) is 21.7. The fraction of sp³-hybridized carbons (Fsp3) is 0.833. The molecule has 0 heterocycles. The molecule has 0 aromatic rings. The first-order valence-electron chi connectivity index (χ1n) is 6.04. The molecule has 0 saturated heterocycles. The molecule has 0 aliphatic heterocycles. The van der Waals surface area contributed by atoms with E-state index in [1.807, 2.05) is 0 Å². The fourth-order valence-corrected chi connectivity index (χ4v) is 2.05. The van der Waals surface area contributed by atoms with Crippen molar-refractivity contribution in [2.75, 3.05) is 19.8 Å². The van der Waals surface area contributed by atoms with Gasteiger partial charge in [-0.15, -0.1) is 0 Å². The van der Waals surface area contributed by atoms with Crippen LogP contribution in [-0.2, 0) is 19.1 Å². The van der Waals surface area contributed by atoms with Crippen LogP contribution < -0.4 is 0 Å². The van der Waals surface area contributed by atoms with Crippen LogP contribution in [-0.4, -0.2) is 40.4 Å². The Balaban J connectivity index is 3.22. The smallest absolute Gasteiger partial charge is 0.306 e. The number of esters is 1. The van der Waals surface area contributed by atoms with Gasteiger partial charge in [-0.05, 0) is 13.3 Å². The van der Waals surface area contributed by atoms with Crippen molar-refractivity contribution in [3.05, 3.63) is 0 Å². The summed E-state index contributed by atoms with van der Waals surface area (Å²) in [6.45, 7) is 7.49. The Labute approximate surface area is 105 Å². The van der Waals surface area contributed by atoms with Gasteiger partial charge in [-0.1, -0.05) is 19.1 Å². The lowest BCUT2D eigenvalue weighted by Crippen LogP contribution is -2.12. The van der Waals surface area contributed by atoms with E-state index < -0.39 is 0 Å². The highest BCUT2D eigenvalue weighted by Crippen LogP contribution is 1.97.